The fourth-order valence-electron chi connectivity index (χ4n) is 6.66. The molecule has 0 aliphatic rings. The Balaban J connectivity index is -0.000000264. The predicted molar refractivity (Wildman–Crippen MR) is 304 cm³/mol. The SMILES string of the molecule is CC(C)CC(NC(C)C)C(=O)OC(C)C.CC(C)C[C@@H](NC(C)C)C(=O)OC(C)C.CC(C)C[C@H](NC(C)C)C(=O)OC(C)C.CC(C)N[C@@H](C(=O)OC(C)C)C(C)C.CC(C)N[C@H](C(=O)OC(C)C)C(C)C. The van der Waals surface area contributed by atoms with Gasteiger partial charge in [0, 0.05) is 30.2 Å². The van der Waals surface area contributed by atoms with Gasteiger partial charge in [-0.05, 0) is 118 Å². The predicted octanol–water partition coefficient (Wildman–Crippen LogP) is 11.0. The highest BCUT2D eigenvalue weighted by atomic mass is 16.6. The zero-order valence-corrected chi connectivity index (χ0v) is 52.8. The van der Waals surface area contributed by atoms with E-state index >= 15 is 0 Å². The summed E-state index contributed by atoms with van der Waals surface area (Å²) in [5.74, 6) is 1.27. The first-order valence-electron chi connectivity index (χ1n) is 28.0. The Bertz CT molecular complexity index is 1220. The van der Waals surface area contributed by atoms with Gasteiger partial charge in [-0.3, -0.25) is 24.0 Å². The van der Waals surface area contributed by atoms with Crippen molar-refractivity contribution in [1.29, 1.82) is 0 Å². The minimum absolute atomic E-state index is 0.0406. The third kappa shape index (κ3) is 52.4. The highest BCUT2D eigenvalue weighted by Gasteiger charge is 2.27. The van der Waals surface area contributed by atoms with E-state index in [9.17, 15) is 24.0 Å². The van der Waals surface area contributed by atoms with Gasteiger partial charge in [0.15, 0.2) is 0 Å². The molecule has 0 aromatic carbocycles. The Morgan fingerprint density at radius 2 is 0.425 bits per heavy atom. The maximum Gasteiger partial charge on any atom is 0.323 e. The summed E-state index contributed by atoms with van der Waals surface area (Å²) in [5.41, 5.74) is 0. The number of hydrogen-bond donors (Lipinski definition) is 5. The van der Waals surface area contributed by atoms with E-state index < -0.39 is 0 Å². The molecule has 1 unspecified atom stereocenters. The standard InChI is InChI=1S/3C12H25NO2.2C11H23NO2/c3*1-8(2)7-11(13-9(3)4)12(14)15-10(5)6;2*1-7(2)10(12-8(3)4)11(13)14-9(5)6/h3*8-11,13H,7H2,1-6H3;2*7-10,12H,1-6H3/t2*11-;;2*10-/m10.10/s1. The molecule has 0 bridgehead atoms. The van der Waals surface area contributed by atoms with Crippen LogP contribution in [0.5, 0.6) is 0 Å². The van der Waals surface area contributed by atoms with Crippen molar-refractivity contribution in [1.82, 2.24) is 26.6 Å². The fourth-order valence-corrected chi connectivity index (χ4v) is 6.66. The molecule has 0 fully saturated rings. The molecule has 438 valence electrons. The van der Waals surface area contributed by atoms with Crippen LogP contribution in [0.3, 0.4) is 0 Å². The molecule has 0 radical (unpaired) electrons. The Kier molecular flexibility index (Phi) is 48.0. The minimum Gasteiger partial charge on any atom is -0.462 e. The number of nitrogens with one attached hydrogen (secondary N) is 5. The number of rotatable bonds is 28. The van der Waals surface area contributed by atoms with Crippen LogP contribution in [-0.2, 0) is 47.7 Å². The van der Waals surface area contributed by atoms with Crippen molar-refractivity contribution in [3.63, 3.8) is 0 Å². The van der Waals surface area contributed by atoms with E-state index in [4.69, 9.17) is 23.7 Å². The summed E-state index contributed by atoms with van der Waals surface area (Å²) in [6, 6.07) is 0.571. The summed E-state index contributed by atoms with van der Waals surface area (Å²) in [7, 11) is 0. The molecule has 0 amide bonds. The number of ether oxygens (including phenoxy) is 5. The lowest BCUT2D eigenvalue weighted by Gasteiger charge is -2.24. The second-order valence-corrected chi connectivity index (χ2v) is 24.0. The van der Waals surface area contributed by atoms with E-state index in [-0.39, 0.29) is 102 Å². The zero-order chi connectivity index (χ0) is 58.6. The molecule has 15 nitrogen and oxygen atoms in total. The van der Waals surface area contributed by atoms with Crippen LogP contribution in [0.25, 0.3) is 0 Å². The smallest absolute Gasteiger partial charge is 0.323 e. The highest BCUT2D eigenvalue weighted by Crippen LogP contribution is 2.12. The first-order chi connectivity index (χ1) is 33.2. The molecule has 5 N–H and O–H groups in total. The monoisotopic (exact) mass is 1050 g/mol. The van der Waals surface area contributed by atoms with Crippen LogP contribution >= 0.6 is 0 Å². The van der Waals surface area contributed by atoms with Crippen LogP contribution in [0, 0.1) is 29.6 Å². The molecule has 0 aromatic rings. The molecule has 0 heterocycles. The second kappa shape index (κ2) is 44.3. The largest absolute Gasteiger partial charge is 0.462 e. The van der Waals surface area contributed by atoms with Crippen molar-refractivity contribution in [3.05, 3.63) is 0 Å². The summed E-state index contributed by atoms with van der Waals surface area (Å²) in [6.07, 6.45) is 2.26. The van der Waals surface area contributed by atoms with E-state index in [0.717, 1.165) is 19.3 Å². The van der Waals surface area contributed by atoms with E-state index in [1.165, 1.54) is 0 Å². The number of hydrogen-bond acceptors (Lipinski definition) is 15. The van der Waals surface area contributed by atoms with Gasteiger partial charge in [0.05, 0.1) is 30.5 Å². The molecule has 0 rings (SSSR count). The van der Waals surface area contributed by atoms with Crippen molar-refractivity contribution in [2.75, 3.05) is 0 Å². The summed E-state index contributed by atoms with van der Waals surface area (Å²) in [6.45, 7) is 59.8. The molecule has 15 heteroatoms. The number of esters is 5. The van der Waals surface area contributed by atoms with Crippen molar-refractivity contribution in [2.24, 2.45) is 29.6 Å². The Morgan fingerprint density at radius 1 is 0.260 bits per heavy atom. The fraction of sp³-hybridized carbons (Fsp3) is 0.914. The highest BCUT2D eigenvalue weighted by molar-refractivity contribution is 5.77. The van der Waals surface area contributed by atoms with E-state index in [1.54, 1.807) is 0 Å². The summed E-state index contributed by atoms with van der Waals surface area (Å²) < 4.78 is 26.0. The van der Waals surface area contributed by atoms with E-state index in [2.05, 4.69) is 68.1 Å². The van der Waals surface area contributed by atoms with E-state index in [0.29, 0.717) is 48.0 Å². The first-order valence-corrected chi connectivity index (χ1v) is 28.0. The van der Waals surface area contributed by atoms with Crippen LogP contribution in [0.4, 0.5) is 0 Å². The van der Waals surface area contributed by atoms with Crippen LogP contribution in [0.2, 0.25) is 0 Å². The topological polar surface area (TPSA) is 192 Å². The van der Waals surface area contributed by atoms with Gasteiger partial charge in [0.25, 0.3) is 0 Å². The van der Waals surface area contributed by atoms with Gasteiger partial charge in [-0.2, -0.15) is 0 Å². The maximum atomic E-state index is 11.7. The molecule has 0 aromatic heterocycles. The molecule has 0 aliphatic heterocycles. The summed E-state index contributed by atoms with van der Waals surface area (Å²) in [4.78, 5) is 58.5. The molecule has 0 aliphatic carbocycles. The lowest BCUT2D eigenvalue weighted by atomic mass is 10.0. The molecule has 0 saturated heterocycles. The van der Waals surface area contributed by atoms with Gasteiger partial charge in [0.2, 0.25) is 0 Å². The first kappa shape index (κ1) is 79.0. The summed E-state index contributed by atoms with van der Waals surface area (Å²) in [5, 5.41) is 16.1. The van der Waals surface area contributed by atoms with Crippen molar-refractivity contribution < 1.29 is 47.7 Å². The maximum absolute atomic E-state index is 11.7. The third-order valence-electron chi connectivity index (χ3n) is 9.20. The van der Waals surface area contributed by atoms with Gasteiger partial charge in [-0.15, -0.1) is 0 Å². The lowest BCUT2D eigenvalue weighted by Crippen LogP contribution is -2.46. The van der Waals surface area contributed by atoms with Crippen molar-refractivity contribution in [3.8, 4) is 0 Å². The van der Waals surface area contributed by atoms with Gasteiger partial charge in [-0.25, -0.2) is 0 Å². The third-order valence-corrected chi connectivity index (χ3v) is 9.20. The molecular formula is C58H121N5O10. The average molecular weight is 1050 g/mol. The molecule has 0 saturated carbocycles. The van der Waals surface area contributed by atoms with Gasteiger partial charge in [0.1, 0.15) is 30.2 Å². The molecule has 5 atom stereocenters. The van der Waals surface area contributed by atoms with Crippen LogP contribution < -0.4 is 26.6 Å². The van der Waals surface area contributed by atoms with Crippen LogP contribution in [0.1, 0.15) is 227 Å². The Hall–Kier alpha value is -2.85. The Labute approximate surface area is 450 Å². The second-order valence-electron chi connectivity index (χ2n) is 24.0. The van der Waals surface area contributed by atoms with Gasteiger partial charge in [-0.1, -0.05) is 138 Å². The van der Waals surface area contributed by atoms with Gasteiger partial charge < -0.3 is 50.3 Å². The normalized spacial score (nSPS) is 13.7. The molecule has 0 spiro atoms. The lowest BCUT2D eigenvalue weighted by molar-refractivity contribution is -0.152. The number of carbonyl (C=O) groups is 5. The molecular weight excluding hydrogens is 927 g/mol. The quantitative estimate of drug-likeness (QED) is 0.0367. The Morgan fingerprint density at radius 3 is 0.548 bits per heavy atom. The van der Waals surface area contributed by atoms with Crippen molar-refractivity contribution in [2.45, 2.75) is 318 Å². The average Bonchev–Trinajstić information content (AvgIpc) is 3.16. The summed E-state index contributed by atoms with van der Waals surface area (Å²) >= 11 is 0. The van der Waals surface area contributed by atoms with Crippen LogP contribution in [0.15, 0.2) is 0 Å². The number of carbonyl (C=O) groups excluding carboxylic acids is 5. The van der Waals surface area contributed by atoms with Crippen LogP contribution in [-0.4, -0.2) is 121 Å². The van der Waals surface area contributed by atoms with Gasteiger partial charge >= 0.3 is 29.8 Å². The van der Waals surface area contributed by atoms with Crippen molar-refractivity contribution >= 4 is 29.8 Å². The van der Waals surface area contributed by atoms with E-state index in [1.807, 2.05) is 166 Å². The zero-order valence-electron chi connectivity index (χ0n) is 52.8. The minimum atomic E-state index is -0.197. The molecule has 73 heavy (non-hydrogen) atoms.